The van der Waals surface area contributed by atoms with E-state index in [2.05, 4.69) is 5.32 Å². The molecule has 0 atom stereocenters. The molecule has 1 amide bonds. The Kier molecular flexibility index (Phi) is 5.09. The van der Waals surface area contributed by atoms with E-state index in [0.717, 1.165) is 6.26 Å². The van der Waals surface area contributed by atoms with Crippen molar-refractivity contribution < 1.29 is 22.4 Å². The van der Waals surface area contributed by atoms with Gasteiger partial charge in [0.05, 0.1) is 4.90 Å². The molecule has 134 valence electrons. The van der Waals surface area contributed by atoms with Crippen LogP contribution in [0.4, 0.5) is 5.69 Å². The van der Waals surface area contributed by atoms with E-state index in [1.807, 2.05) is 30.3 Å². The van der Waals surface area contributed by atoms with Crippen molar-refractivity contribution >= 4 is 21.4 Å². The van der Waals surface area contributed by atoms with Crippen LogP contribution in [0.2, 0.25) is 0 Å². The molecule has 0 spiro atoms. The van der Waals surface area contributed by atoms with Crippen LogP contribution in [0.25, 0.3) is 0 Å². The summed E-state index contributed by atoms with van der Waals surface area (Å²) >= 11 is 0. The summed E-state index contributed by atoms with van der Waals surface area (Å²) in [6, 6.07) is 18.4. The molecule has 1 N–H and O–H groups in total. The highest BCUT2D eigenvalue weighted by molar-refractivity contribution is 7.90. The van der Waals surface area contributed by atoms with Crippen molar-refractivity contribution in [2.75, 3.05) is 11.6 Å². The molecule has 6 nitrogen and oxygen atoms in total. The Morgan fingerprint density at radius 2 is 1.69 bits per heavy atom. The Morgan fingerprint density at radius 3 is 2.35 bits per heavy atom. The third-order valence-electron chi connectivity index (χ3n) is 3.55. The number of carbonyl (C=O) groups excluding carboxylic acids is 1. The predicted octanol–water partition coefficient (Wildman–Crippen LogP) is 3.51. The largest absolute Gasteiger partial charge is 0.486 e. The molecule has 1 aromatic heterocycles. The van der Waals surface area contributed by atoms with Gasteiger partial charge < -0.3 is 14.5 Å². The average molecular weight is 371 g/mol. The van der Waals surface area contributed by atoms with Gasteiger partial charge in [-0.1, -0.05) is 18.2 Å². The average Bonchev–Trinajstić information content (AvgIpc) is 3.10. The molecule has 3 rings (SSSR count). The highest BCUT2D eigenvalue weighted by atomic mass is 32.2. The van der Waals surface area contributed by atoms with Gasteiger partial charge in [-0.2, -0.15) is 0 Å². The van der Waals surface area contributed by atoms with E-state index in [1.165, 1.54) is 24.3 Å². The van der Waals surface area contributed by atoms with Gasteiger partial charge in [-0.3, -0.25) is 4.79 Å². The van der Waals surface area contributed by atoms with E-state index in [4.69, 9.17) is 9.15 Å². The van der Waals surface area contributed by atoms with Gasteiger partial charge in [0, 0.05) is 11.9 Å². The van der Waals surface area contributed by atoms with Crippen LogP contribution in [0.5, 0.6) is 5.75 Å². The molecule has 26 heavy (non-hydrogen) atoms. The quantitative estimate of drug-likeness (QED) is 0.717. The molecule has 0 bridgehead atoms. The highest BCUT2D eigenvalue weighted by Gasteiger charge is 2.13. The zero-order valence-electron chi connectivity index (χ0n) is 14.0. The molecular formula is C19H17NO5S. The molecule has 0 saturated heterocycles. The maximum atomic E-state index is 12.2. The Morgan fingerprint density at radius 1 is 1.00 bits per heavy atom. The summed E-state index contributed by atoms with van der Waals surface area (Å²) in [6.45, 7) is 0.209. The van der Waals surface area contributed by atoms with E-state index in [-0.39, 0.29) is 17.3 Å². The number of carbonyl (C=O) groups is 1. The van der Waals surface area contributed by atoms with Gasteiger partial charge in [-0.15, -0.1) is 0 Å². The Hall–Kier alpha value is -3.06. The van der Waals surface area contributed by atoms with Crippen LogP contribution in [-0.2, 0) is 16.4 Å². The van der Waals surface area contributed by atoms with Crippen molar-refractivity contribution in [3.05, 3.63) is 78.3 Å². The number of nitrogens with one attached hydrogen (secondary N) is 1. The first-order valence-corrected chi connectivity index (χ1v) is 9.69. The number of rotatable bonds is 6. The Bertz CT molecular complexity index is 992. The van der Waals surface area contributed by atoms with Crippen LogP contribution in [0.3, 0.4) is 0 Å². The van der Waals surface area contributed by atoms with Gasteiger partial charge in [0.1, 0.15) is 18.1 Å². The highest BCUT2D eigenvalue weighted by Crippen LogP contribution is 2.17. The van der Waals surface area contributed by atoms with E-state index < -0.39 is 15.7 Å². The smallest absolute Gasteiger partial charge is 0.291 e. The summed E-state index contributed by atoms with van der Waals surface area (Å²) in [5.74, 6) is 0.944. The van der Waals surface area contributed by atoms with E-state index in [1.54, 1.807) is 12.1 Å². The lowest BCUT2D eigenvalue weighted by atomic mass is 10.3. The molecule has 2 aromatic carbocycles. The fraction of sp³-hybridized carbons (Fsp3) is 0.105. The monoisotopic (exact) mass is 371 g/mol. The molecule has 0 fully saturated rings. The maximum absolute atomic E-state index is 12.2. The van der Waals surface area contributed by atoms with Crippen LogP contribution in [0.1, 0.15) is 16.3 Å². The van der Waals surface area contributed by atoms with Crippen molar-refractivity contribution in [1.82, 2.24) is 0 Å². The van der Waals surface area contributed by atoms with Crippen molar-refractivity contribution in [2.45, 2.75) is 11.5 Å². The number of anilines is 1. The fourth-order valence-corrected chi connectivity index (χ4v) is 2.86. The second-order valence-electron chi connectivity index (χ2n) is 5.62. The van der Waals surface area contributed by atoms with Crippen molar-refractivity contribution in [3.8, 4) is 5.75 Å². The summed E-state index contributed by atoms with van der Waals surface area (Å²) in [5, 5.41) is 2.66. The number of amides is 1. The summed E-state index contributed by atoms with van der Waals surface area (Å²) in [4.78, 5) is 12.4. The number of benzene rings is 2. The van der Waals surface area contributed by atoms with Gasteiger partial charge in [0.2, 0.25) is 0 Å². The van der Waals surface area contributed by atoms with Gasteiger partial charge in [-0.25, -0.2) is 8.42 Å². The minimum Gasteiger partial charge on any atom is -0.486 e. The molecule has 0 radical (unpaired) electrons. The van der Waals surface area contributed by atoms with Crippen LogP contribution in [0.15, 0.2) is 76.0 Å². The minimum atomic E-state index is -3.27. The molecule has 0 aliphatic rings. The number of furan rings is 1. The third-order valence-corrected chi connectivity index (χ3v) is 4.68. The zero-order chi connectivity index (χ0) is 18.6. The number of hydrogen-bond acceptors (Lipinski definition) is 5. The predicted molar refractivity (Wildman–Crippen MR) is 97.0 cm³/mol. The molecule has 0 unspecified atom stereocenters. The van der Waals surface area contributed by atoms with Gasteiger partial charge in [-0.05, 0) is 48.5 Å². The van der Waals surface area contributed by atoms with Crippen LogP contribution in [-0.4, -0.2) is 20.6 Å². The molecular weight excluding hydrogens is 354 g/mol. The van der Waals surface area contributed by atoms with Gasteiger partial charge >= 0.3 is 0 Å². The summed E-state index contributed by atoms with van der Waals surface area (Å²) in [7, 11) is -3.27. The van der Waals surface area contributed by atoms with Gasteiger partial charge in [0.15, 0.2) is 15.6 Å². The molecule has 0 saturated carbocycles. The second-order valence-corrected chi connectivity index (χ2v) is 7.63. The lowest BCUT2D eigenvalue weighted by molar-refractivity contribution is 0.0992. The lowest BCUT2D eigenvalue weighted by Crippen LogP contribution is -2.11. The summed E-state index contributed by atoms with van der Waals surface area (Å²) < 4.78 is 33.9. The Labute approximate surface area is 151 Å². The van der Waals surface area contributed by atoms with E-state index >= 15 is 0 Å². The number of para-hydroxylation sites is 1. The van der Waals surface area contributed by atoms with Crippen LogP contribution >= 0.6 is 0 Å². The number of sulfone groups is 1. The topological polar surface area (TPSA) is 85.6 Å². The molecule has 7 heteroatoms. The van der Waals surface area contributed by atoms with Gasteiger partial charge in [0.25, 0.3) is 5.91 Å². The van der Waals surface area contributed by atoms with E-state index in [9.17, 15) is 13.2 Å². The maximum Gasteiger partial charge on any atom is 0.291 e. The first-order chi connectivity index (χ1) is 12.4. The van der Waals surface area contributed by atoms with Crippen molar-refractivity contribution in [3.63, 3.8) is 0 Å². The van der Waals surface area contributed by atoms with Crippen LogP contribution < -0.4 is 10.1 Å². The Balaban J connectivity index is 1.61. The lowest BCUT2D eigenvalue weighted by Gasteiger charge is -2.05. The van der Waals surface area contributed by atoms with E-state index in [0.29, 0.717) is 17.2 Å². The zero-order valence-corrected chi connectivity index (χ0v) is 14.8. The fourth-order valence-electron chi connectivity index (χ4n) is 2.23. The normalized spacial score (nSPS) is 11.1. The molecule has 3 aromatic rings. The first-order valence-electron chi connectivity index (χ1n) is 7.80. The summed E-state index contributed by atoms with van der Waals surface area (Å²) in [6.07, 6.45) is 1.13. The first kappa shape index (κ1) is 17.8. The van der Waals surface area contributed by atoms with Crippen molar-refractivity contribution in [2.24, 2.45) is 0 Å². The van der Waals surface area contributed by atoms with Crippen LogP contribution in [0, 0.1) is 0 Å². The third kappa shape index (κ3) is 4.52. The SMILES string of the molecule is CS(=O)(=O)c1ccc(NC(=O)c2ccc(COc3ccccc3)o2)cc1. The van der Waals surface area contributed by atoms with Crippen molar-refractivity contribution in [1.29, 1.82) is 0 Å². The molecule has 0 aliphatic heterocycles. The number of hydrogen-bond donors (Lipinski definition) is 1. The second kappa shape index (κ2) is 7.45. The number of ether oxygens (including phenoxy) is 1. The molecule has 1 heterocycles. The standard InChI is InChI=1S/C19H17NO5S/c1-26(22,23)17-10-7-14(8-11-17)20-19(21)18-12-9-16(25-18)13-24-15-5-3-2-4-6-15/h2-12H,13H2,1H3,(H,20,21). The minimum absolute atomic E-state index is 0.142. The molecule has 0 aliphatic carbocycles. The summed E-state index contributed by atoms with van der Waals surface area (Å²) in [5.41, 5.74) is 0.473.